The zero-order valence-corrected chi connectivity index (χ0v) is 13.8. The Morgan fingerprint density at radius 3 is 2.56 bits per heavy atom. The Hall–Kier alpha value is -3.02. The SMILES string of the molecule is CN(C)C(=O)COc1cccc(C(=O)C=Cc2cccc(F)c2F)c1. The highest BCUT2D eigenvalue weighted by molar-refractivity contribution is 6.07. The van der Waals surface area contributed by atoms with Gasteiger partial charge in [-0.2, -0.15) is 0 Å². The number of benzene rings is 2. The summed E-state index contributed by atoms with van der Waals surface area (Å²) in [6, 6.07) is 10.0. The van der Waals surface area contributed by atoms with Gasteiger partial charge < -0.3 is 9.64 Å². The molecule has 0 N–H and O–H groups in total. The molecule has 1 amide bonds. The van der Waals surface area contributed by atoms with E-state index in [2.05, 4.69) is 0 Å². The minimum Gasteiger partial charge on any atom is -0.484 e. The number of ketones is 1. The van der Waals surface area contributed by atoms with E-state index in [1.807, 2.05) is 0 Å². The van der Waals surface area contributed by atoms with Gasteiger partial charge in [0, 0.05) is 25.2 Å². The average molecular weight is 345 g/mol. The number of carbonyl (C=O) groups excluding carboxylic acids is 2. The smallest absolute Gasteiger partial charge is 0.259 e. The lowest BCUT2D eigenvalue weighted by atomic mass is 10.1. The summed E-state index contributed by atoms with van der Waals surface area (Å²) in [5.41, 5.74) is 0.292. The van der Waals surface area contributed by atoms with Crippen LogP contribution in [0.2, 0.25) is 0 Å². The Kier molecular flexibility index (Phi) is 6.00. The Morgan fingerprint density at radius 2 is 1.84 bits per heavy atom. The van der Waals surface area contributed by atoms with E-state index >= 15 is 0 Å². The molecule has 6 heteroatoms. The topological polar surface area (TPSA) is 46.6 Å². The maximum absolute atomic E-state index is 13.6. The van der Waals surface area contributed by atoms with Gasteiger partial charge in [0.1, 0.15) is 5.75 Å². The molecule has 2 aromatic rings. The molecule has 130 valence electrons. The molecule has 0 aromatic heterocycles. The van der Waals surface area contributed by atoms with Crippen LogP contribution in [-0.4, -0.2) is 37.3 Å². The minimum absolute atomic E-state index is 0.0164. The normalized spacial score (nSPS) is 10.7. The van der Waals surface area contributed by atoms with E-state index in [0.29, 0.717) is 11.3 Å². The lowest BCUT2D eigenvalue weighted by Crippen LogP contribution is -2.27. The van der Waals surface area contributed by atoms with Crippen LogP contribution in [0.1, 0.15) is 15.9 Å². The molecule has 0 heterocycles. The van der Waals surface area contributed by atoms with Crippen LogP contribution in [0.4, 0.5) is 8.78 Å². The van der Waals surface area contributed by atoms with Crippen molar-refractivity contribution in [2.45, 2.75) is 0 Å². The van der Waals surface area contributed by atoms with Crippen molar-refractivity contribution in [1.82, 2.24) is 4.90 Å². The van der Waals surface area contributed by atoms with Crippen LogP contribution >= 0.6 is 0 Å². The Bertz CT molecular complexity index is 816. The molecule has 25 heavy (non-hydrogen) atoms. The van der Waals surface area contributed by atoms with E-state index in [9.17, 15) is 18.4 Å². The van der Waals surface area contributed by atoms with Crippen molar-refractivity contribution >= 4 is 17.8 Å². The lowest BCUT2D eigenvalue weighted by molar-refractivity contribution is -0.130. The van der Waals surface area contributed by atoms with E-state index in [-0.39, 0.29) is 18.1 Å². The maximum Gasteiger partial charge on any atom is 0.259 e. The van der Waals surface area contributed by atoms with Gasteiger partial charge in [-0.05, 0) is 30.4 Å². The maximum atomic E-state index is 13.6. The molecule has 0 spiro atoms. The molecule has 0 aliphatic carbocycles. The largest absolute Gasteiger partial charge is 0.484 e. The van der Waals surface area contributed by atoms with E-state index < -0.39 is 17.4 Å². The first-order valence-electron chi connectivity index (χ1n) is 7.48. The van der Waals surface area contributed by atoms with Gasteiger partial charge in [-0.1, -0.05) is 24.3 Å². The number of ether oxygens (including phenoxy) is 1. The molecule has 0 atom stereocenters. The quantitative estimate of drug-likeness (QED) is 0.596. The number of amides is 1. The van der Waals surface area contributed by atoms with E-state index in [0.717, 1.165) is 12.1 Å². The fourth-order valence-electron chi connectivity index (χ4n) is 1.92. The predicted octanol–water partition coefficient (Wildman–Crippen LogP) is 3.33. The molecule has 0 saturated heterocycles. The van der Waals surface area contributed by atoms with Crippen LogP contribution in [0.25, 0.3) is 6.08 Å². The van der Waals surface area contributed by atoms with Crippen molar-refractivity contribution in [1.29, 1.82) is 0 Å². The summed E-state index contributed by atoms with van der Waals surface area (Å²) in [6.07, 6.45) is 2.37. The second-order valence-corrected chi connectivity index (χ2v) is 5.45. The number of carbonyl (C=O) groups is 2. The summed E-state index contributed by atoms with van der Waals surface area (Å²) in [5, 5.41) is 0. The zero-order valence-electron chi connectivity index (χ0n) is 13.8. The van der Waals surface area contributed by atoms with Crippen LogP contribution in [0.5, 0.6) is 5.75 Å². The van der Waals surface area contributed by atoms with Gasteiger partial charge >= 0.3 is 0 Å². The zero-order chi connectivity index (χ0) is 18.4. The molecule has 0 radical (unpaired) electrons. The van der Waals surface area contributed by atoms with Gasteiger partial charge in [0.05, 0.1) is 0 Å². The van der Waals surface area contributed by atoms with Crippen LogP contribution in [0.15, 0.2) is 48.5 Å². The van der Waals surface area contributed by atoms with Gasteiger partial charge in [-0.25, -0.2) is 8.78 Å². The molecule has 0 unspecified atom stereocenters. The Morgan fingerprint density at radius 1 is 1.12 bits per heavy atom. The van der Waals surface area contributed by atoms with Crippen molar-refractivity contribution in [2.75, 3.05) is 20.7 Å². The van der Waals surface area contributed by atoms with Gasteiger partial charge in [-0.15, -0.1) is 0 Å². The van der Waals surface area contributed by atoms with Gasteiger partial charge in [0.25, 0.3) is 5.91 Å². The number of nitrogens with zero attached hydrogens (tertiary/aromatic N) is 1. The number of hydrogen-bond donors (Lipinski definition) is 0. The van der Waals surface area contributed by atoms with Crippen LogP contribution in [-0.2, 0) is 4.79 Å². The summed E-state index contributed by atoms with van der Waals surface area (Å²) in [7, 11) is 3.23. The summed E-state index contributed by atoms with van der Waals surface area (Å²) in [5.74, 6) is -2.22. The Labute approximate surface area is 144 Å². The van der Waals surface area contributed by atoms with Crippen molar-refractivity contribution < 1.29 is 23.1 Å². The second-order valence-electron chi connectivity index (χ2n) is 5.45. The first-order chi connectivity index (χ1) is 11.9. The first kappa shape index (κ1) is 18.3. The summed E-state index contributed by atoms with van der Waals surface area (Å²) >= 11 is 0. The Balaban J connectivity index is 2.09. The summed E-state index contributed by atoms with van der Waals surface area (Å²) < 4.78 is 32.1. The fraction of sp³-hybridized carbons (Fsp3) is 0.158. The van der Waals surface area contributed by atoms with E-state index in [1.54, 1.807) is 32.3 Å². The second kappa shape index (κ2) is 8.19. The third kappa shape index (κ3) is 4.97. The first-order valence-corrected chi connectivity index (χ1v) is 7.48. The average Bonchev–Trinajstić information content (AvgIpc) is 2.60. The molecule has 2 rings (SSSR count). The summed E-state index contributed by atoms with van der Waals surface area (Å²) in [4.78, 5) is 25.1. The molecular formula is C19H17F2NO3. The molecule has 4 nitrogen and oxygen atoms in total. The standard InChI is InChI=1S/C19H17F2NO3/c1-22(2)18(24)12-25-15-7-3-6-14(11-15)17(23)10-9-13-5-4-8-16(20)19(13)21/h3-11H,12H2,1-2H3. The highest BCUT2D eigenvalue weighted by atomic mass is 19.2. The number of allylic oxidation sites excluding steroid dienone is 1. The van der Waals surface area contributed by atoms with Gasteiger partial charge in [0.15, 0.2) is 24.0 Å². The van der Waals surface area contributed by atoms with E-state index in [4.69, 9.17) is 4.74 Å². The van der Waals surface area contributed by atoms with Crippen molar-refractivity contribution in [3.05, 3.63) is 71.3 Å². The van der Waals surface area contributed by atoms with Gasteiger partial charge in [-0.3, -0.25) is 9.59 Å². The van der Waals surface area contributed by atoms with Gasteiger partial charge in [0.2, 0.25) is 0 Å². The number of hydrogen-bond acceptors (Lipinski definition) is 3. The molecule has 2 aromatic carbocycles. The third-order valence-corrected chi connectivity index (χ3v) is 3.38. The molecule has 0 bridgehead atoms. The van der Waals surface area contributed by atoms with Crippen molar-refractivity contribution in [3.8, 4) is 5.75 Å². The van der Waals surface area contributed by atoms with Crippen LogP contribution in [0.3, 0.4) is 0 Å². The molecule has 0 aliphatic heterocycles. The van der Waals surface area contributed by atoms with Crippen molar-refractivity contribution in [3.63, 3.8) is 0 Å². The number of likely N-dealkylation sites (N-methyl/N-ethyl adjacent to an activating group) is 1. The van der Waals surface area contributed by atoms with Crippen molar-refractivity contribution in [2.24, 2.45) is 0 Å². The molecular weight excluding hydrogens is 328 g/mol. The molecule has 0 fully saturated rings. The highest BCUT2D eigenvalue weighted by Crippen LogP contribution is 2.16. The minimum atomic E-state index is -1.01. The predicted molar refractivity (Wildman–Crippen MR) is 90.4 cm³/mol. The monoisotopic (exact) mass is 345 g/mol. The molecule has 0 saturated carbocycles. The molecule has 0 aliphatic rings. The van der Waals surface area contributed by atoms with E-state index in [1.165, 1.54) is 29.2 Å². The lowest BCUT2D eigenvalue weighted by Gasteiger charge is -2.11. The van der Waals surface area contributed by atoms with Crippen LogP contribution in [0, 0.1) is 11.6 Å². The highest BCUT2D eigenvalue weighted by Gasteiger charge is 2.09. The third-order valence-electron chi connectivity index (χ3n) is 3.38. The number of rotatable bonds is 6. The number of halogens is 2. The summed E-state index contributed by atoms with van der Waals surface area (Å²) in [6.45, 7) is -0.144. The fourth-order valence-corrected chi connectivity index (χ4v) is 1.92. The van der Waals surface area contributed by atoms with Crippen LogP contribution < -0.4 is 4.74 Å².